The summed E-state index contributed by atoms with van der Waals surface area (Å²) in [5.74, 6) is -1.12. The third kappa shape index (κ3) is 3.79. The molecule has 6 nitrogen and oxygen atoms in total. The topological polar surface area (TPSA) is 92.2 Å². The Morgan fingerprint density at radius 1 is 0.862 bits per heavy atom. The number of aromatic carboxylic acids is 1. The van der Waals surface area contributed by atoms with Gasteiger partial charge in [0.05, 0.1) is 16.1 Å². The van der Waals surface area contributed by atoms with Crippen LogP contribution in [0.4, 0.5) is 5.69 Å². The summed E-state index contributed by atoms with van der Waals surface area (Å²) < 4.78 is 0. The maximum atomic E-state index is 13.0. The van der Waals surface area contributed by atoms with Gasteiger partial charge in [-0.3, -0.25) is 4.79 Å². The summed E-state index contributed by atoms with van der Waals surface area (Å²) in [6.45, 7) is 0. The smallest absolute Gasteiger partial charge is 0.335 e. The van der Waals surface area contributed by atoms with E-state index >= 15 is 0 Å². The zero-order valence-electron chi connectivity index (χ0n) is 15.0. The zero-order valence-corrected chi connectivity index (χ0v) is 15.7. The lowest BCUT2D eigenvalue weighted by Crippen LogP contribution is -2.15. The van der Waals surface area contributed by atoms with E-state index in [1.807, 2.05) is 12.1 Å². The molecule has 0 bridgehead atoms. The molecule has 0 aliphatic heterocycles. The molecule has 142 valence electrons. The fourth-order valence-electron chi connectivity index (χ4n) is 2.90. The highest BCUT2D eigenvalue weighted by atomic mass is 35.5. The number of benzene rings is 3. The molecular weight excluding hydrogens is 390 g/mol. The maximum Gasteiger partial charge on any atom is 0.335 e. The monoisotopic (exact) mass is 403 g/mol. The first kappa shape index (κ1) is 18.6. The number of carboxylic acids is 1. The molecule has 0 aliphatic rings. The van der Waals surface area contributed by atoms with Crippen LogP contribution in [0.1, 0.15) is 20.8 Å². The minimum absolute atomic E-state index is 0.136. The lowest BCUT2D eigenvalue weighted by atomic mass is 10.1. The summed E-state index contributed by atoms with van der Waals surface area (Å²) in [6.07, 6.45) is 0. The third-order valence-corrected chi connectivity index (χ3v) is 4.65. The van der Waals surface area contributed by atoms with E-state index in [2.05, 4.69) is 15.3 Å². The van der Waals surface area contributed by atoms with Crippen molar-refractivity contribution < 1.29 is 14.7 Å². The highest BCUT2D eigenvalue weighted by Gasteiger charge is 2.17. The Morgan fingerprint density at radius 3 is 2.28 bits per heavy atom. The molecule has 1 aromatic heterocycles. The van der Waals surface area contributed by atoms with Crippen LogP contribution in [0, 0.1) is 0 Å². The van der Waals surface area contributed by atoms with Gasteiger partial charge in [-0.1, -0.05) is 41.9 Å². The molecule has 1 heterocycles. The molecule has 0 aliphatic carbocycles. The molecule has 0 saturated heterocycles. The zero-order chi connectivity index (χ0) is 20.4. The summed E-state index contributed by atoms with van der Waals surface area (Å²) in [5, 5.41) is 12.8. The van der Waals surface area contributed by atoms with Gasteiger partial charge < -0.3 is 10.4 Å². The Labute approximate surface area is 170 Å². The van der Waals surface area contributed by atoms with Crippen LogP contribution in [-0.2, 0) is 0 Å². The van der Waals surface area contributed by atoms with Crippen molar-refractivity contribution in [2.24, 2.45) is 0 Å². The number of carboxylic acid groups (broad SMARTS) is 1. The number of fused-ring (bicyclic) bond motifs is 1. The Kier molecular flexibility index (Phi) is 4.93. The van der Waals surface area contributed by atoms with Crippen LogP contribution >= 0.6 is 11.6 Å². The minimum Gasteiger partial charge on any atom is -0.478 e. The molecule has 4 aromatic rings. The maximum absolute atomic E-state index is 13.0. The van der Waals surface area contributed by atoms with Gasteiger partial charge in [0.25, 0.3) is 5.91 Å². The fourth-order valence-corrected chi connectivity index (χ4v) is 3.12. The Bertz CT molecular complexity index is 1240. The fraction of sp³-hybridized carbons (Fsp3) is 0. The molecular formula is C22H14ClN3O3. The summed E-state index contributed by atoms with van der Waals surface area (Å²) in [6, 6.07) is 20.3. The number of hydrogen-bond donors (Lipinski definition) is 2. The molecule has 1 amide bonds. The molecule has 7 heteroatoms. The number of carbonyl (C=O) groups is 2. The molecule has 4 rings (SSSR count). The van der Waals surface area contributed by atoms with Crippen LogP contribution in [0.15, 0.2) is 72.8 Å². The molecule has 0 radical (unpaired) electrons. The standard InChI is InChI=1S/C22H14ClN3O3/c23-17-7-3-1-5-15(17)20-25-18-8-4-2-6-16(18)19(26-20)21(27)24-14-11-9-13(10-12-14)22(28)29/h1-12H,(H,24,27)(H,28,29). The van der Waals surface area contributed by atoms with E-state index in [1.165, 1.54) is 24.3 Å². The molecule has 0 fully saturated rings. The van der Waals surface area contributed by atoms with Gasteiger partial charge in [0.1, 0.15) is 5.69 Å². The first-order chi connectivity index (χ1) is 14.0. The van der Waals surface area contributed by atoms with E-state index in [-0.39, 0.29) is 11.3 Å². The van der Waals surface area contributed by atoms with Gasteiger partial charge in [0, 0.05) is 16.6 Å². The van der Waals surface area contributed by atoms with Crippen molar-refractivity contribution in [3.05, 3.63) is 89.1 Å². The van der Waals surface area contributed by atoms with Crippen molar-refractivity contribution in [1.82, 2.24) is 9.97 Å². The van der Waals surface area contributed by atoms with E-state index in [4.69, 9.17) is 16.7 Å². The van der Waals surface area contributed by atoms with Crippen molar-refractivity contribution in [2.45, 2.75) is 0 Å². The van der Waals surface area contributed by atoms with Crippen LogP contribution in [0.5, 0.6) is 0 Å². The number of halogens is 1. The van der Waals surface area contributed by atoms with Gasteiger partial charge in [0.2, 0.25) is 0 Å². The molecule has 2 N–H and O–H groups in total. The van der Waals surface area contributed by atoms with Crippen molar-refractivity contribution in [1.29, 1.82) is 0 Å². The average Bonchev–Trinajstić information content (AvgIpc) is 2.73. The van der Waals surface area contributed by atoms with E-state index < -0.39 is 11.9 Å². The number of carbonyl (C=O) groups excluding carboxylic acids is 1. The second-order valence-electron chi connectivity index (χ2n) is 6.23. The number of nitrogens with one attached hydrogen (secondary N) is 1. The van der Waals surface area contributed by atoms with E-state index in [1.54, 1.807) is 36.4 Å². The quantitative estimate of drug-likeness (QED) is 0.505. The van der Waals surface area contributed by atoms with Crippen LogP contribution in [0.3, 0.4) is 0 Å². The third-order valence-electron chi connectivity index (χ3n) is 4.32. The van der Waals surface area contributed by atoms with Crippen LogP contribution in [0.25, 0.3) is 22.3 Å². The highest BCUT2D eigenvalue weighted by molar-refractivity contribution is 6.33. The summed E-state index contributed by atoms with van der Waals surface area (Å²) in [7, 11) is 0. The number of anilines is 1. The van der Waals surface area contributed by atoms with Crippen molar-refractivity contribution in [2.75, 3.05) is 5.32 Å². The summed E-state index contributed by atoms with van der Waals surface area (Å²) >= 11 is 6.28. The number of hydrogen-bond acceptors (Lipinski definition) is 4. The first-order valence-electron chi connectivity index (χ1n) is 8.69. The first-order valence-corrected chi connectivity index (χ1v) is 9.07. The SMILES string of the molecule is O=C(O)c1ccc(NC(=O)c2nc(-c3ccccc3Cl)nc3ccccc23)cc1. The number of rotatable bonds is 4. The number of para-hydroxylation sites is 1. The van der Waals surface area contributed by atoms with Gasteiger partial charge in [-0.05, 0) is 42.5 Å². The Balaban J connectivity index is 1.76. The molecule has 29 heavy (non-hydrogen) atoms. The Morgan fingerprint density at radius 2 is 1.55 bits per heavy atom. The van der Waals surface area contributed by atoms with Gasteiger partial charge in [-0.2, -0.15) is 0 Å². The van der Waals surface area contributed by atoms with E-state index in [9.17, 15) is 9.59 Å². The lowest BCUT2D eigenvalue weighted by molar-refractivity contribution is 0.0696. The molecule has 0 atom stereocenters. The second kappa shape index (κ2) is 7.69. The van der Waals surface area contributed by atoms with Crippen molar-refractivity contribution in [3.63, 3.8) is 0 Å². The highest BCUT2D eigenvalue weighted by Crippen LogP contribution is 2.27. The van der Waals surface area contributed by atoms with Crippen LogP contribution in [0.2, 0.25) is 5.02 Å². The van der Waals surface area contributed by atoms with Crippen LogP contribution < -0.4 is 5.32 Å². The van der Waals surface area contributed by atoms with E-state index in [0.29, 0.717) is 33.0 Å². The van der Waals surface area contributed by atoms with Crippen molar-refractivity contribution in [3.8, 4) is 11.4 Å². The predicted octanol–water partition coefficient (Wildman–Crippen LogP) is 4.90. The van der Waals surface area contributed by atoms with Gasteiger partial charge in [0.15, 0.2) is 5.82 Å². The largest absolute Gasteiger partial charge is 0.478 e. The second-order valence-corrected chi connectivity index (χ2v) is 6.64. The van der Waals surface area contributed by atoms with Gasteiger partial charge in [-0.15, -0.1) is 0 Å². The normalized spacial score (nSPS) is 10.7. The number of nitrogens with zero attached hydrogens (tertiary/aromatic N) is 2. The van der Waals surface area contributed by atoms with Crippen LogP contribution in [-0.4, -0.2) is 27.0 Å². The molecule has 0 saturated carbocycles. The minimum atomic E-state index is -1.03. The van der Waals surface area contributed by atoms with E-state index in [0.717, 1.165) is 0 Å². The summed E-state index contributed by atoms with van der Waals surface area (Å²) in [4.78, 5) is 33.0. The van der Waals surface area contributed by atoms with Gasteiger partial charge in [-0.25, -0.2) is 14.8 Å². The molecule has 0 unspecified atom stereocenters. The Hall–Kier alpha value is -3.77. The van der Waals surface area contributed by atoms with Gasteiger partial charge >= 0.3 is 5.97 Å². The average molecular weight is 404 g/mol. The van der Waals surface area contributed by atoms with Crippen molar-refractivity contribution >= 4 is 40.1 Å². The number of aromatic nitrogens is 2. The summed E-state index contributed by atoms with van der Waals surface area (Å²) in [5.41, 5.74) is 2.04. The number of amides is 1. The predicted molar refractivity (Wildman–Crippen MR) is 111 cm³/mol. The molecule has 3 aromatic carbocycles. The lowest BCUT2D eigenvalue weighted by Gasteiger charge is -2.10. The molecule has 0 spiro atoms.